The van der Waals surface area contributed by atoms with E-state index in [4.69, 9.17) is 30.5 Å². The van der Waals surface area contributed by atoms with E-state index >= 15 is 0 Å². The molecule has 0 fully saturated rings. The molecule has 8 nitrogen and oxygen atoms in total. The zero-order valence-corrected chi connectivity index (χ0v) is 25.1. The summed E-state index contributed by atoms with van der Waals surface area (Å²) >= 11 is 7.23. The van der Waals surface area contributed by atoms with Crippen LogP contribution in [-0.2, 0) is 16.1 Å². The first-order valence-corrected chi connectivity index (χ1v) is 14.4. The zero-order valence-electron chi connectivity index (χ0n) is 23.5. The molecule has 0 aliphatic carbocycles. The molecule has 1 aliphatic rings. The minimum atomic E-state index is -0.702. The predicted octanol–water partition coefficient (Wildman–Crippen LogP) is 5.05. The number of halogens is 1. The van der Waals surface area contributed by atoms with Gasteiger partial charge in [0.25, 0.3) is 5.56 Å². The summed E-state index contributed by atoms with van der Waals surface area (Å²) in [6.45, 7) is 4.05. The fourth-order valence-corrected chi connectivity index (χ4v) is 5.85. The van der Waals surface area contributed by atoms with Crippen LogP contribution in [-0.4, -0.2) is 31.4 Å². The predicted molar refractivity (Wildman–Crippen MR) is 162 cm³/mol. The number of methoxy groups -OCH3 is 2. The first-order valence-electron chi connectivity index (χ1n) is 13.2. The standard InChI is InChI=1S/C32H29ClN2O6S/c1-5-40-31(37)28-19(2)34-32-35(29(28)22-9-13-24(38-3)14-10-22)30(36)27(42-32)17-21-8-15-25(26(16-21)39-4)41-18-20-6-11-23(33)12-7-20/h6-17,29H,5,18H2,1-4H3/b27-17+/t29-/m1/s1. The maximum Gasteiger partial charge on any atom is 0.338 e. The Morgan fingerprint density at radius 1 is 1.02 bits per heavy atom. The number of carbonyl (C=O) groups is 1. The van der Waals surface area contributed by atoms with Gasteiger partial charge in [-0.2, -0.15) is 0 Å². The summed E-state index contributed by atoms with van der Waals surface area (Å²) in [5, 5.41) is 0.661. The summed E-state index contributed by atoms with van der Waals surface area (Å²) < 4.78 is 24.2. The molecule has 4 aromatic rings. The summed E-state index contributed by atoms with van der Waals surface area (Å²) in [6.07, 6.45) is 1.78. The van der Waals surface area contributed by atoms with Gasteiger partial charge in [0.15, 0.2) is 16.3 Å². The van der Waals surface area contributed by atoms with Crippen molar-refractivity contribution in [2.45, 2.75) is 26.5 Å². The molecule has 0 unspecified atom stereocenters. The first-order chi connectivity index (χ1) is 20.3. The highest BCUT2D eigenvalue weighted by atomic mass is 35.5. The number of aromatic nitrogens is 1. The Morgan fingerprint density at radius 3 is 2.43 bits per heavy atom. The molecule has 0 radical (unpaired) electrons. The highest BCUT2D eigenvalue weighted by Crippen LogP contribution is 2.32. The van der Waals surface area contributed by atoms with Gasteiger partial charge < -0.3 is 18.9 Å². The van der Waals surface area contributed by atoms with Crippen molar-refractivity contribution in [1.82, 2.24) is 4.57 Å². The molecule has 2 heterocycles. The molecule has 0 amide bonds. The van der Waals surface area contributed by atoms with E-state index in [1.165, 1.54) is 11.3 Å². The molecule has 0 bridgehead atoms. The molecule has 10 heteroatoms. The van der Waals surface area contributed by atoms with Gasteiger partial charge in [-0.3, -0.25) is 9.36 Å². The molecule has 3 aromatic carbocycles. The summed E-state index contributed by atoms with van der Waals surface area (Å²) in [4.78, 5) is 32.1. The topological polar surface area (TPSA) is 88.4 Å². The monoisotopic (exact) mass is 604 g/mol. The van der Waals surface area contributed by atoms with Gasteiger partial charge in [0.2, 0.25) is 0 Å². The van der Waals surface area contributed by atoms with Crippen molar-refractivity contribution in [3.63, 3.8) is 0 Å². The molecule has 0 saturated heterocycles. The molecular weight excluding hydrogens is 576 g/mol. The van der Waals surface area contributed by atoms with Crippen molar-refractivity contribution >= 4 is 35.0 Å². The van der Waals surface area contributed by atoms with Crippen molar-refractivity contribution < 1.29 is 23.7 Å². The highest BCUT2D eigenvalue weighted by molar-refractivity contribution is 7.07. The number of rotatable bonds is 9. The largest absolute Gasteiger partial charge is 0.497 e. The van der Waals surface area contributed by atoms with Gasteiger partial charge >= 0.3 is 5.97 Å². The Hall–Kier alpha value is -4.34. The SMILES string of the molecule is CCOC(=O)C1=C(C)N=c2s/c(=C/c3ccc(OCc4ccc(Cl)cc4)c(OC)c3)c(=O)n2[C@@H]1c1ccc(OC)cc1. The Labute approximate surface area is 251 Å². The van der Waals surface area contributed by atoms with Crippen LogP contribution in [0, 0.1) is 0 Å². The van der Waals surface area contributed by atoms with Crippen LogP contribution in [0.15, 0.2) is 87.8 Å². The van der Waals surface area contributed by atoms with E-state index in [2.05, 4.69) is 4.99 Å². The number of fused-ring (bicyclic) bond motifs is 1. The van der Waals surface area contributed by atoms with E-state index in [1.807, 2.05) is 48.5 Å². The van der Waals surface area contributed by atoms with Gasteiger partial charge in [0.05, 0.1) is 42.7 Å². The van der Waals surface area contributed by atoms with E-state index in [9.17, 15) is 9.59 Å². The lowest BCUT2D eigenvalue weighted by Gasteiger charge is -2.24. The molecule has 1 aliphatic heterocycles. The quantitative estimate of drug-likeness (QED) is 0.249. The molecule has 0 spiro atoms. The molecule has 0 saturated carbocycles. The second-order valence-corrected chi connectivity index (χ2v) is 10.8. The summed E-state index contributed by atoms with van der Waals surface area (Å²) in [7, 11) is 3.15. The fraction of sp³-hybridized carbons (Fsp3) is 0.219. The van der Waals surface area contributed by atoms with E-state index < -0.39 is 12.0 Å². The minimum absolute atomic E-state index is 0.205. The highest BCUT2D eigenvalue weighted by Gasteiger charge is 2.33. The Kier molecular flexibility index (Phi) is 8.80. The number of ether oxygens (including phenoxy) is 4. The smallest absolute Gasteiger partial charge is 0.338 e. The second-order valence-electron chi connectivity index (χ2n) is 9.40. The molecule has 0 N–H and O–H groups in total. The lowest BCUT2D eigenvalue weighted by Crippen LogP contribution is -2.39. The van der Waals surface area contributed by atoms with Gasteiger partial charge in [-0.25, -0.2) is 9.79 Å². The number of carbonyl (C=O) groups excluding carboxylic acids is 1. The van der Waals surface area contributed by atoms with Crippen molar-refractivity contribution in [2.75, 3.05) is 20.8 Å². The van der Waals surface area contributed by atoms with Gasteiger partial charge in [0.1, 0.15) is 12.4 Å². The van der Waals surface area contributed by atoms with E-state index in [1.54, 1.807) is 56.9 Å². The van der Waals surface area contributed by atoms with Crippen LogP contribution in [0.2, 0.25) is 5.02 Å². The van der Waals surface area contributed by atoms with Crippen LogP contribution in [0.5, 0.6) is 17.2 Å². The van der Waals surface area contributed by atoms with Crippen molar-refractivity contribution in [3.8, 4) is 17.2 Å². The van der Waals surface area contributed by atoms with E-state index in [-0.39, 0.29) is 12.2 Å². The third-order valence-electron chi connectivity index (χ3n) is 6.74. The first kappa shape index (κ1) is 29.2. The second kappa shape index (κ2) is 12.7. The Balaban J connectivity index is 1.53. The summed E-state index contributed by atoms with van der Waals surface area (Å²) in [5.41, 5.74) is 3.02. The molecule has 5 rings (SSSR count). The third kappa shape index (κ3) is 5.98. The minimum Gasteiger partial charge on any atom is -0.497 e. The van der Waals surface area contributed by atoms with Crippen LogP contribution in [0.3, 0.4) is 0 Å². The lowest BCUT2D eigenvalue weighted by molar-refractivity contribution is -0.139. The van der Waals surface area contributed by atoms with E-state index in [0.717, 1.165) is 16.7 Å². The number of benzene rings is 3. The van der Waals surface area contributed by atoms with Crippen LogP contribution < -0.4 is 29.1 Å². The van der Waals surface area contributed by atoms with Crippen LogP contribution in [0.4, 0.5) is 0 Å². The van der Waals surface area contributed by atoms with Crippen molar-refractivity contribution in [1.29, 1.82) is 0 Å². The maximum absolute atomic E-state index is 13.9. The average Bonchev–Trinajstić information content (AvgIpc) is 3.30. The number of allylic oxidation sites excluding steroid dienone is 1. The molecule has 216 valence electrons. The number of hydrogen-bond donors (Lipinski definition) is 0. The number of nitrogens with zero attached hydrogens (tertiary/aromatic N) is 2. The Morgan fingerprint density at radius 2 is 1.76 bits per heavy atom. The normalized spacial score (nSPS) is 14.7. The van der Waals surface area contributed by atoms with Crippen LogP contribution >= 0.6 is 22.9 Å². The van der Waals surface area contributed by atoms with E-state index in [0.29, 0.717) is 49.5 Å². The van der Waals surface area contributed by atoms with Crippen LogP contribution in [0.1, 0.15) is 36.6 Å². The van der Waals surface area contributed by atoms with Gasteiger partial charge in [0, 0.05) is 5.02 Å². The van der Waals surface area contributed by atoms with Gasteiger partial charge in [-0.05, 0) is 73.0 Å². The molecule has 42 heavy (non-hydrogen) atoms. The summed E-state index contributed by atoms with van der Waals surface area (Å²) in [6, 6.07) is 19.5. The number of esters is 1. The lowest BCUT2D eigenvalue weighted by atomic mass is 9.96. The van der Waals surface area contributed by atoms with Crippen LogP contribution in [0.25, 0.3) is 6.08 Å². The molecular formula is C32H29ClN2O6S. The fourth-order valence-electron chi connectivity index (χ4n) is 4.68. The molecule has 1 atom stereocenters. The van der Waals surface area contributed by atoms with Gasteiger partial charge in [-0.1, -0.05) is 53.3 Å². The number of hydrogen-bond acceptors (Lipinski definition) is 8. The maximum atomic E-state index is 13.9. The summed E-state index contributed by atoms with van der Waals surface area (Å²) in [5.74, 6) is 1.26. The van der Waals surface area contributed by atoms with Crippen molar-refractivity contribution in [3.05, 3.63) is 119 Å². The average molecular weight is 605 g/mol. The third-order valence-corrected chi connectivity index (χ3v) is 7.98. The zero-order chi connectivity index (χ0) is 29.8. The van der Waals surface area contributed by atoms with Crippen molar-refractivity contribution in [2.24, 2.45) is 4.99 Å². The van der Waals surface area contributed by atoms with Gasteiger partial charge in [-0.15, -0.1) is 0 Å². The number of thiazole rings is 1. The Bertz CT molecular complexity index is 1820. The molecule has 1 aromatic heterocycles.